The van der Waals surface area contributed by atoms with E-state index in [1.807, 2.05) is 12.3 Å². The molecule has 0 fully saturated rings. The van der Waals surface area contributed by atoms with Crippen LogP contribution in [0.15, 0.2) is 23.2 Å². The fraction of sp³-hybridized carbons (Fsp3) is 0.421. The summed E-state index contributed by atoms with van der Waals surface area (Å²) < 4.78 is 2.08. The van der Waals surface area contributed by atoms with Crippen molar-refractivity contribution in [2.24, 2.45) is 5.73 Å². The minimum absolute atomic E-state index is 0.0260. The van der Waals surface area contributed by atoms with Crippen LogP contribution in [-0.4, -0.2) is 16.7 Å². The van der Waals surface area contributed by atoms with Gasteiger partial charge in [-0.3, -0.25) is 4.79 Å². The maximum Gasteiger partial charge on any atom is 0.268 e. The van der Waals surface area contributed by atoms with E-state index in [-0.39, 0.29) is 5.91 Å². The van der Waals surface area contributed by atoms with Crippen molar-refractivity contribution < 1.29 is 4.79 Å². The Kier molecular flexibility index (Phi) is 6.13. The second-order valence-electron chi connectivity index (χ2n) is 6.06. The van der Waals surface area contributed by atoms with Crippen LogP contribution in [0.1, 0.15) is 45.2 Å². The average molecular weight is 346 g/mol. The maximum atomic E-state index is 12.7. The SMILES string of the molecule is CCn1c(C(=O)NCc2c(C)cc(CN)cc2C)cc(C)c1SC. The van der Waals surface area contributed by atoms with Crippen molar-refractivity contribution in [2.75, 3.05) is 6.26 Å². The lowest BCUT2D eigenvalue weighted by Crippen LogP contribution is -2.26. The molecular weight excluding hydrogens is 318 g/mol. The first-order chi connectivity index (χ1) is 11.4. The molecule has 0 spiro atoms. The summed E-state index contributed by atoms with van der Waals surface area (Å²) in [6, 6.07) is 6.17. The summed E-state index contributed by atoms with van der Waals surface area (Å²) >= 11 is 1.68. The third kappa shape index (κ3) is 3.68. The number of hydrogen-bond donors (Lipinski definition) is 2. The number of rotatable bonds is 6. The monoisotopic (exact) mass is 345 g/mol. The first kappa shape index (κ1) is 18.6. The maximum absolute atomic E-state index is 12.7. The number of aromatic nitrogens is 1. The molecule has 0 unspecified atom stereocenters. The molecule has 0 aliphatic rings. The average Bonchev–Trinajstić information content (AvgIpc) is 2.89. The van der Waals surface area contributed by atoms with Gasteiger partial charge in [0.15, 0.2) is 0 Å². The van der Waals surface area contributed by atoms with Crippen molar-refractivity contribution in [3.05, 3.63) is 51.7 Å². The molecule has 0 saturated carbocycles. The molecule has 5 heteroatoms. The summed E-state index contributed by atoms with van der Waals surface area (Å²) in [6.07, 6.45) is 2.04. The molecule has 1 aromatic carbocycles. The number of amides is 1. The van der Waals surface area contributed by atoms with E-state index in [0.29, 0.717) is 13.1 Å². The second kappa shape index (κ2) is 7.90. The summed E-state index contributed by atoms with van der Waals surface area (Å²) in [7, 11) is 0. The number of nitrogens with two attached hydrogens (primary N) is 1. The standard InChI is InChI=1S/C19H27N3OS/c1-6-22-17(9-14(4)19(22)24-5)18(23)21-11-16-12(2)7-15(10-20)8-13(16)3/h7-9H,6,10-11,20H2,1-5H3,(H,21,23). The van der Waals surface area contributed by atoms with Crippen LogP contribution in [0.25, 0.3) is 0 Å². The molecule has 0 bridgehead atoms. The first-order valence-corrected chi connectivity index (χ1v) is 9.46. The van der Waals surface area contributed by atoms with Gasteiger partial charge in [-0.15, -0.1) is 11.8 Å². The van der Waals surface area contributed by atoms with Gasteiger partial charge in [0.1, 0.15) is 5.69 Å². The van der Waals surface area contributed by atoms with Crippen LogP contribution in [0.4, 0.5) is 0 Å². The molecule has 24 heavy (non-hydrogen) atoms. The summed E-state index contributed by atoms with van der Waals surface area (Å²) in [4.78, 5) is 12.7. The Balaban J connectivity index is 2.20. The zero-order chi connectivity index (χ0) is 17.9. The highest BCUT2D eigenvalue weighted by Gasteiger charge is 2.17. The number of nitrogens with zero attached hydrogens (tertiary/aromatic N) is 1. The summed E-state index contributed by atoms with van der Waals surface area (Å²) in [6.45, 7) is 10.1. The molecule has 2 aromatic rings. The normalized spacial score (nSPS) is 10.9. The van der Waals surface area contributed by atoms with Gasteiger partial charge >= 0.3 is 0 Å². The molecule has 130 valence electrons. The third-order valence-corrected chi connectivity index (χ3v) is 5.32. The van der Waals surface area contributed by atoms with E-state index in [1.165, 1.54) is 11.1 Å². The van der Waals surface area contributed by atoms with E-state index in [4.69, 9.17) is 5.73 Å². The van der Waals surface area contributed by atoms with Gasteiger partial charge in [0.05, 0.1) is 5.03 Å². The molecule has 1 amide bonds. The van der Waals surface area contributed by atoms with Crippen molar-refractivity contribution in [3.63, 3.8) is 0 Å². The van der Waals surface area contributed by atoms with Gasteiger partial charge in [-0.05, 0) is 67.8 Å². The number of aryl methyl sites for hydroxylation is 3. The Morgan fingerprint density at radius 3 is 2.29 bits per heavy atom. The Morgan fingerprint density at radius 2 is 1.79 bits per heavy atom. The van der Waals surface area contributed by atoms with Crippen LogP contribution >= 0.6 is 11.8 Å². The summed E-state index contributed by atoms with van der Waals surface area (Å²) in [5.41, 5.74) is 12.2. The fourth-order valence-electron chi connectivity index (χ4n) is 3.18. The molecule has 1 heterocycles. The van der Waals surface area contributed by atoms with Crippen LogP contribution < -0.4 is 11.1 Å². The number of carbonyl (C=O) groups excluding carboxylic acids is 1. The van der Waals surface area contributed by atoms with Gasteiger partial charge in [-0.25, -0.2) is 0 Å². The molecule has 0 aliphatic heterocycles. The molecule has 4 nitrogen and oxygen atoms in total. The molecule has 1 aromatic heterocycles. The highest BCUT2D eigenvalue weighted by Crippen LogP contribution is 2.24. The van der Waals surface area contributed by atoms with E-state index in [1.54, 1.807) is 11.8 Å². The predicted octanol–water partition coefficient (Wildman–Crippen LogP) is 3.54. The number of carbonyl (C=O) groups is 1. The highest BCUT2D eigenvalue weighted by molar-refractivity contribution is 7.98. The van der Waals surface area contributed by atoms with Gasteiger partial charge in [0, 0.05) is 19.6 Å². The van der Waals surface area contributed by atoms with Gasteiger partial charge < -0.3 is 15.6 Å². The second-order valence-corrected chi connectivity index (χ2v) is 6.86. The predicted molar refractivity (Wildman–Crippen MR) is 102 cm³/mol. The van der Waals surface area contributed by atoms with E-state index in [9.17, 15) is 4.79 Å². The van der Waals surface area contributed by atoms with Crippen LogP contribution in [0.3, 0.4) is 0 Å². The Hall–Kier alpha value is -1.72. The number of benzene rings is 1. The lowest BCUT2D eigenvalue weighted by molar-refractivity contribution is 0.0941. The number of thioether (sulfide) groups is 1. The minimum atomic E-state index is -0.0260. The zero-order valence-corrected chi connectivity index (χ0v) is 16.0. The first-order valence-electron chi connectivity index (χ1n) is 8.24. The lowest BCUT2D eigenvalue weighted by atomic mass is 9.99. The molecule has 0 saturated heterocycles. The Labute approximate surface area is 148 Å². The number of hydrogen-bond acceptors (Lipinski definition) is 3. The van der Waals surface area contributed by atoms with Crippen molar-refractivity contribution >= 4 is 17.7 Å². The summed E-state index contributed by atoms with van der Waals surface area (Å²) in [5.74, 6) is -0.0260. The lowest BCUT2D eigenvalue weighted by Gasteiger charge is -2.14. The smallest absolute Gasteiger partial charge is 0.268 e. The van der Waals surface area contributed by atoms with Crippen molar-refractivity contribution in [1.82, 2.24) is 9.88 Å². The van der Waals surface area contributed by atoms with Crippen LogP contribution in [-0.2, 0) is 19.6 Å². The Morgan fingerprint density at radius 1 is 1.17 bits per heavy atom. The van der Waals surface area contributed by atoms with Crippen LogP contribution in [0.5, 0.6) is 0 Å². The molecule has 0 aliphatic carbocycles. The molecule has 0 radical (unpaired) electrons. The van der Waals surface area contributed by atoms with E-state index in [2.05, 4.69) is 49.7 Å². The van der Waals surface area contributed by atoms with Crippen LogP contribution in [0, 0.1) is 20.8 Å². The highest BCUT2D eigenvalue weighted by atomic mass is 32.2. The van der Waals surface area contributed by atoms with Crippen LogP contribution in [0.2, 0.25) is 0 Å². The molecule has 2 rings (SSSR count). The van der Waals surface area contributed by atoms with E-state index >= 15 is 0 Å². The molecular formula is C19H27N3OS. The Bertz CT molecular complexity index is 726. The zero-order valence-electron chi connectivity index (χ0n) is 15.2. The number of nitrogens with one attached hydrogen (secondary N) is 1. The third-order valence-electron chi connectivity index (χ3n) is 4.39. The largest absolute Gasteiger partial charge is 0.347 e. The summed E-state index contributed by atoms with van der Waals surface area (Å²) in [5, 5.41) is 4.23. The molecule has 3 N–H and O–H groups in total. The van der Waals surface area contributed by atoms with Crippen molar-refractivity contribution in [1.29, 1.82) is 0 Å². The van der Waals surface area contributed by atoms with Gasteiger partial charge in [0.2, 0.25) is 0 Å². The fourth-order valence-corrected chi connectivity index (χ4v) is 4.01. The van der Waals surface area contributed by atoms with Gasteiger partial charge in [0.25, 0.3) is 5.91 Å². The molecule has 0 atom stereocenters. The topological polar surface area (TPSA) is 60.0 Å². The van der Waals surface area contributed by atoms with Gasteiger partial charge in [-0.2, -0.15) is 0 Å². The van der Waals surface area contributed by atoms with Crippen molar-refractivity contribution in [3.8, 4) is 0 Å². The van der Waals surface area contributed by atoms with E-state index < -0.39 is 0 Å². The minimum Gasteiger partial charge on any atom is -0.347 e. The quantitative estimate of drug-likeness (QED) is 0.787. The van der Waals surface area contributed by atoms with E-state index in [0.717, 1.165) is 34.0 Å². The van der Waals surface area contributed by atoms with Gasteiger partial charge in [-0.1, -0.05) is 12.1 Å². The van der Waals surface area contributed by atoms with Crippen molar-refractivity contribution in [2.45, 2.75) is 52.4 Å².